The summed E-state index contributed by atoms with van der Waals surface area (Å²) in [5, 5.41) is 38.4. The number of ether oxygens (including phenoxy) is 3. The highest BCUT2D eigenvalue weighted by molar-refractivity contribution is 6.74. The predicted molar refractivity (Wildman–Crippen MR) is 199 cm³/mol. The van der Waals surface area contributed by atoms with Gasteiger partial charge in [0.1, 0.15) is 23.9 Å². The zero-order valence-electron chi connectivity index (χ0n) is 32.2. The van der Waals surface area contributed by atoms with Gasteiger partial charge in [0.05, 0.1) is 36.4 Å². The van der Waals surface area contributed by atoms with E-state index in [1.165, 1.54) is 6.92 Å². The smallest absolute Gasteiger partial charge is 0.338 e. The Bertz CT molecular complexity index is 1430. The topological polar surface area (TPSA) is 141 Å². The first-order chi connectivity index (χ1) is 24.1. The second kappa shape index (κ2) is 15.1. The minimum atomic E-state index is -2.36. The Morgan fingerprint density at radius 2 is 1.49 bits per heavy atom. The highest BCUT2D eigenvalue weighted by Gasteiger charge is 2.76. The molecular weight excluding hydrogens is 685 g/mol. The van der Waals surface area contributed by atoms with Gasteiger partial charge < -0.3 is 38.4 Å². The van der Waals surface area contributed by atoms with Crippen molar-refractivity contribution in [1.29, 1.82) is 0 Å². The summed E-state index contributed by atoms with van der Waals surface area (Å²) < 4.78 is 33.4. The number of esters is 2. The quantitative estimate of drug-likeness (QED) is 0.120. The number of aliphatic hydroxyl groups is 3. The maximum atomic E-state index is 14.2. The Hall–Kier alpha value is -1.91. The van der Waals surface area contributed by atoms with E-state index < -0.39 is 87.7 Å². The number of fused-ring (bicyclic) bond motifs is 5. The van der Waals surface area contributed by atoms with Gasteiger partial charge in [0.2, 0.25) is 0 Å². The highest BCUT2D eigenvalue weighted by atomic mass is 28.4. The van der Waals surface area contributed by atoms with Gasteiger partial charge in [-0.3, -0.25) is 4.79 Å². The molecule has 10 nitrogen and oxygen atoms in total. The van der Waals surface area contributed by atoms with Crippen LogP contribution in [0.15, 0.2) is 41.5 Å². The molecule has 12 heteroatoms. The monoisotopic (exact) mass is 746 g/mol. The lowest BCUT2D eigenvalue weighted by molar-refractivity contribution is -0.357. The normalized spacial score (nSPS) is 36.6. The van der Waals surface area contributed by atoms with E-state index in [0.717, 1.165) is 41.8 Å². The number of carbonyl (C=O) groups is 2. The molecule has 0 amide bonds. The van der Waals surface area contributed by atoms with E-state index in [2.05, 4.69) is 41.5 Å². The summed E-state index contributed by atoms with van der Waals surface area (Å²) in [4.78, 5) is 27.2. The van der Waals surface area contributed by atoms with Crippen LogP contribution in [0.4, 0.5) is 0 Å². The Morgan fingerprint density at radius 3 is 2.00 bits per heavy atom. The van der Waals surface area contributed by atoms with Crippen molar-refractivity contribution < 1.29 is 48.0 Å². The lowest BCUT2D eigenvalue weighted by atomic mass is 9.48. The van der Waals surface area contributed by atoms with Gasteiger partial charge >= 0.3 is 11.9 Å². The van der Waals surface area contributed by atoms with Gasteiger partial charge in [-0.15, -0.1) is 0 Å². The van der Waals surface area contributed by atoms with Crippen LogP contribution in [0.25, 0.3) is 0 Å². The molecule has 3 aliphatic carbocycles. The minimum Gasteiger partial charge on any atom is -0.455 e. The van der Waals surface area contributed by atoms with Gasteiger partial charge in [-0.2, -0.15) is 0 Å². The first kappa shape index (κ1) is 40.3. The lowest BCUT2D eigenvalue weighted by Crippen LogP contribution is -2.81. The predicted octanol–water partition coefficient (Wildman–Crippen LogP) is 6.30. The fourth-order valence-corrected chi connectivity index (χ4v) is 15.8. The first-order valence-corrected chi connectivity index (χ1v) is 24.3. The Balaban J connectivity index is 1.79. The molecule has 3 unspecified atom stereocenters. The number of hydrogen-bond donors (Lipinski definition) is 3. The van der Waals surface area contributed by atoms with E-state index >= 15 is 0 Å². The summed E-state index contributed by atoms with van der Waals surface area (Å²) in [7, 11) is -4.62. The lowest BCUT2D eigenvalue weighted by Gasteiger charge is -2.68. The van der Waals surface area contributed by atoms with Gasteiger partial charge in [0.15, 0.2) is 22.2 Å². The van der Waals surface area contributed by atoms with E-state index in [9.17, 15) is 24.9 Å². The van der Waals surface area contributed by atoms with Crippen LogP contribution in [0, 0.1) is 11.3 Å². The van der Waals surface area contributed by atoms with Crippen LogP contribution in [-0.4, -0.2) is 98.3 Å². The standard InChI is InChI=1S/C39H62O10Si2/c1-10-50(11-2,12-3)48-29-23-38(44)22-28(25(29)7)32(41)34(42)37(9)30(49-51(13-4,14-5)15-6)21-31-39(24-45-31,47-26(8)40)33(37)35(38)46-36(43)27-19-17-16-18-20-27/h16-20,29-35,41-42,44H,10-15,21-24H2,1-9H3/t29-,30?,31+,32-,33-,34-,35-,37?,38?,39-/m0/s1. The summed E-state index contributed by atoms with van der Waals surface area (Å²) in [6.07, 6.45) is -5.66. The van der Waals surface area contributed by atoms with Crippen LogP contribution < -0.4 is 0 Å². The molecule has 1 heterocycles. The van der Waals surface area contributed by atoms with Crippen LogP contribution in [0.5, 0.6) is 0 Å². The molecule has 0 spiro atoms. The second-order valence-electron chi connectivity index (χ2n) is 15.9. The molecule has 1 aliphatic heterocycles. The Kier molecular flexibility index (Phi) is 11.9. The maximum Gasteiger partial charge on any atom is 0.338 e. The minimum absolute atomic E-state index is 0.0143. The summed E-state index contributed by atoms with van der Waals surface area (Å²) in [6, 6.07) is 13.8. The molecule has 0 radical (unpaired) electrons. The van der Waals surface area contributed by atoms with Gasteiger partial charge in [-0.1, -0.05) is 66.7 Å². The molecule has 3 N–H and O–H groups in total. The van der Waals surface area contributed by atoms with E-state index in [-0.39, 0.29) is 19.4 Å². The molecule has 1 aromatic carbocycles. The molecule has 2 saturated carbocycles. The number of carbonyl (C=O) groups excluding carboxylic acids is 2. The van der Waals surface area contributed by atoms with Gasteiger partial charge in [0.25, 0.3) is 0 Å². The third-order valence-corrected chi connectivity index (χ3v) is 23.1. The number of rotatable bonds is 13. The van der Waals surface area contributed by atoms with Crippen molar-refractivity contribution in [3.8, 4) is 0 Å². The molecule has 1 aromatic rings. The zero-order chi connectivity index (χ0) is 37.6. The molecule has 5 rings (SSSR count). The van der Waals surface area contributed by atoms with Crippen molar-refractivity contribution in [2.75, 3.05) is 6.61 Å². The van der Waals surface area contributed by atoms with Crippen molar-refractivity contribution >= 4 is 28.6 Å². The van der Waals surface area contributed by atoms with E-state index in [1.807, 2.05) is 19.9 Å². The molecule has 4 aliphatic rings. The maximum absolute atomic E-state index is 14.2. The van der Waals surface area contributed by atoms with E-state index in [4.69, 9.17) is 23.1 Å². The van der Waals surface area contributed by atoms with Crippen LogP contribution in [0.2, 0.25) is 36.3 Å². The fourth-order valence-electron chi connectivity index (χ4n) is 9.94. The van der Waals surface area contributed by atoms with Crippen molar-refractivity contribution in [3.63, 3.8) is 0 Å². The zero-order valence-corrected chi connectivity index (χ0v) is 34.2. The number of aliphatic hydroxyl groups excluding tert-OH is 2. The third kappa shape index (κ3) is 6.74. The van der Waals surface area contributed by atoms with Crippen LogP contribution in [0.1, 0.15) is 91.9 Å². The molecule has 2 bridgehead atoms. The van der Waals surface area contributed by atoms with E-state index in [0.29, 0.717) is 17.6 Å². The fraction of sp³-hybridized carbons (Fsp3) is 0.744. The van der Waals surface area contributed by atoms with Gasteiger partial charge in [0, 0.05) is 31.6 Å². The van der Waals surface area contributed by atoms with Gasteiger partial charge in [-0.25, -0.2) is 4.79 Å². The Morgan fingerprint density at radius 1 is 0.922 bits per heavy atom. The SMILES string of the molecule is CC[Si](CC)(CC)OC1C[C@H]2OC[C@@]2(OC(C)=O)[C@H]2[C@H](OC(=O)c3ccccc3)C3(O)CC(=C(C)[C@@H](O[Si](CC)(CC)CC)C3)[C@H](O)[C@H](O)C12C. The van der Waals surface area contributed by atoms with Crippen molar-refractivity contribution in [3.05, 3.63) is 47.0 Å². The molecular formula is C39H62O10Si2. The second-order valence-corrected chi connectivity index (χ2v) is 25.3. The van der Waals surface area contributed by atoms with Crippen molar-refractivity contribution in [2.24, 2.45) is 11.3 Å². The summed E-state index contributed by atoms with van der Waals surface area (Å²) in [5.74, 6) is -2.21. The summed E-state index contributed by atoms with van der Waals surface area (Å²) >= 11 is 0. The summed E-state index contributed by atoms with van der Waals surface area (Å²) in [6.45, 7) is 17.9. The average molecular weight is 747 g/mol. The van der Waals surface area contributed by atoms with Crippen LogP contribution >= 0.6 is 0 Å². The summed E-state index contributed by atoms with van der Waals surface area (Å²) in [5.41, 5.74) is -2.92. The average Bonchev–Trinajstić information content (AvgIpc) is 3.12. The highest BCUT2D eigenvalue weighted by Crippen LogP contribution is 2.63. The van der Waals surface area contributed by atoms with Crippen LogP contribution in [0.3, 0.4) is 0 Å². The molecule has 51 heavy (non-hydrogen) atoms. The van der Waals surface area contributed by atoms with E-state index in [1.54, 1.807) is 24.3 Å². The molecule has 1 saturated heterocycles. The molecule has 10 atom stereocenters. The number of benzene rings is 1. The first-order valence-electron chi connectivity index (χ1n) is 19.3. The van der Waals surface area contributed by atoms with Crippen molar-refractivity contribution in [1.82, 2.24) is 0 Å². The molecule has 3 fully saturated rings. The number of hydrogen-bond acceptors (Lipinski definition) is 10. The van der Waals surface area contributed by atoms with Crippen molar-refractivity contribution in [2.45, 2.75) is 166 Å². The molecule has 286 valence electrons. The third-order valence-electron chi connectivity index (χ3n) is 13.8. The largest absolute Gasteiger partial charge is 0.455 e. The molecule has 0 aromatic heterocycles. The van der Waals surface area contributed by atoms with Gasteiger partial charge in [-0.05, 0) is 66.5 Å². The van der Waals surface area contributed by atoms with Crippen LogP contribution in [-0.2, 0) is 27.9 Å². The Labute approximate surface area is 306 Å².